The Bertz CT molecular complexity index is 228. The highest BCUT2D eigenvalue weighted by molar-refractivity contribution is 5.86. The van der Waals surface area contributed by atoms with E-state index in [-0.39, 0.29) is 5.60 Å². The second-order valence-corrected chi connectivity index (χ2v) is 5.05. The SMILES string of the molecule is [OH+]=C1C2CC3CC1CC([OH2+])(C3)C2. The highest BCUT2D eigenvalue weighted by atomic mass is 16.3. The highest BCUT2D eigenvalue weighted by Gasteiger charge is 2.60. The molecule has 0 aliphatic heterocycles. The van der Waals surface area contributed by atoms with Crippen LogP contribution in [0.5, 0.6) is 0 Å². The minimum absolute atomic E-state index is 0.150. The summed E-state index contributed by atoms with van der Waals surface area (Å²) in [4.78, 5) is 9.77. The van der Waals surface area contributed by atoms with E-state index in [2.05, 4.69) is 0 Å². The van der Waals surface area contributed by atoms with Crippen molar-refractivity contribution in [2.45, 2.75) is 37.7 Å². The van der Waals surface area contributed by atoms with Crippen molar-refractivity contribution in [3.8, 4) is 0 Å². The summed E-state index contributed by atoms with van der Waals surface area (Å²) < 4.78 is 0. The van der Waals surface area contributed by atoms with Crippen LogP contribution < -0.4 is 0 Å². The van der Waals surface area contributed by atoms with E-state index < -0.39 is 0 Å². The quantitative estimate of drug-likeness (QED) is 0.481. The fourth-order valence-corrected chi connectivity index (χ4v) is 3.76. The Morgan fingerprint density at radius 1 is 1.17 bits per heavy atom. The molecule has 4 rings (SSSR count). The topological polar surface area (TPSA) is 44.3 Å². The first-order valence-electron chi connectivity index (χ1n) is 4.97. The molecule has 4 saturated carbocycles. The lowest BCUT2D eigenvalue weighted by molar-refractivity contribution is -0.0852. The maximum Gasteiger partial charge on any atom is 0.299 e. The van der Waals surface area contributed by atoms with Crippen LogP contribution in [0.25, 0.3) is 0 Å². The predicted octanol–water partition coefficient (Wildman–Crippen LogP) is 0.835. The normalized spacial score (nSPS) is 56.4. The van der Waals surface area contributed by atoms with Crippen molar-refractivity contribution in [3.05, 3.63) is 0 Å². The summed E-state index contributed by atoms with van der Waals surface area (Å²) in [5, 5.41) is 8.18. The number of hydrogen-bond donors (Lipinski definition) is 0. The molecule has 0 heterocycles. The molecule has 2 nitrogen and oxygen atoms in total. The van der Waals surface area contributed by atoms with Crippen molar-refractivity contribution in [1.82, 2.24) is 0 Å². The highest BCUT2D eigenvalue weighted by Crippen LogP contribution is 2.53. The molecule has 2 heteroatoms. The lowest BCUT2D eigenvalue weighted by atomic mass is 9.54. The van der Waals surface area contributed by atoms with Gasteiger partial charge in [-0.05, 0) is 18.8 Å². The molecule has 0 aromatic rings. The molecule has 2 atom stereocenters. The summed E-state index contributed by atoms with van der Waals surface area (Å²) in [5.74, 6) is 2.30. The number of ketones is 1. The van der Waals surface area contributed by atoms with Crippen LogP contribution in [0.2, 0.25) is 0 Å². The van der Waals surface area contributed by atoms with E-state index in [0.717, 1.165) is 31.0 Å². The molecule has 0 aromatic heterocycles. The summed E-state index contributed by atoms with van der Waals surface area (Å²) >= 11 is 0. The van der Waals surface area contributed by atoms with Crippen LogP contribution in [0, 0.1) is 17.8 Å². The monoisotopic (exact) mass is 168 g/mol. The molecule has 0 radical (unpaired) electrons. The van der Waals surface area contributed by atoms with Crippen molar-refractivity contribution in [3.63, 3.8) is 0 Å². The standard InChI is InChI=1S/C10H14O2/c11-9-7-1-6-2-8(9)5-10(12,3-6)4-7/h6-8,12H,1-5H2/p+2. The van der Waals surface area contributed by atoms with Gasteiger partial charge >= 0.3 is 0 Å². The molecule has 0 saturated heterocycles. The Kier molecular flexibility index (Phi) is 1.13. The Morgan fingerprint density at radius 3 is 2.25 bits per heavy atom. The fourth-order valence-electron chi connectivity index (χ4n) is 3.76. The predicted molar refractivity (Wildman–Crippen MR) is 46.8 cm³/mol. The second-order valence-electron chi connectivity index (χ2n) is 5.05. The third-order valence-electron chi connectivity index (χ3n) is 4.03. The van der Waals surface area contributed by atoms with Gasteiger partial charge in [-0.15, -0.1) is 0 Å². The van der Waals surface area contributed by atoms with E-state index in [0.29, 0.717) is 11.8 Å². The molecular weight excluding hydrogens is 152 g/mol. The Hall–Kier alpha value is -0.370. The van der Waals surface area contributed by atoms with Crippen molar-refractivity contribution in [1.29, 1.82) is 0 Å². The van der Waals surface area contributed by atoms with E-state index >= 15 is 0 Å². The maximum absolute atomic E-state index is 9.77. The summed E-state index contributed by atoms with van der Waals surface area (Å²) in [7, 11) is 0. The van der Waals surface area contributed by atoms with E-state index in [9.17, 15) is 4.79 Å². The van der Waals surface area contributed by atoms with Gasteiger partial charge in [0.15, 0.2) is 5.60 Å². The van der Waals surface area contributed by atoms with Crippen molar-refractivity contribution in [2.75, 3.05) is 0 Å². The minimum atomic E-state index is -0.150. The Morgan fingerprint density at radius 2 is 1.75 bits per heavy atom. The fraction of sp³-hybridized carbons (Fsp3) is 0.900. The molecule has 66 valence electrons. The Labute approximate surface area is 72.0 Å². The number of hydrogen-bond acceptors (Lipinski definition) is 0. The van der Waals surface area contributed by atoms with Gasteiger partial charge in [0.1, 0.15) is 0 Å². The second kappa shape index (κ2) is 1.92. The smallest absolute Gasteiger partial charge is 0.299 e. The van der Waals surface area contributed by atoms with Crippen LogP contribution in [-0.4, -0.2) is 21.3 Å². The first-order valence-corrected chi connectivity index (χ1v) is 4.97. The zero-order valence-corrected chi connectivity index (χ0v) is 7.21. The molecule has 4 aliphatic rings. The van der Waals surface area contributed by atoms with Crippen LogP contribution in [0.15, 0.2) is 0 Å². The molecular formula is C10H16O2+2. The summed E-state index contributed by atoms with van der Waals surface area (Å²) in [6.45, 7) is 0. The van der Waals surface area contributed by atoms with Crippen molar-refractivity contribution in [2.24, 2.45) is 17.8 Å². The number of rotatable bonds is 0. The van der Waals surface area contributed by atoms with Gasteiger partial charge < -0.3 is 5.11 Å². The molecule has 4 aliphatic carbocycles. The maximum atomic E-state index is 9.77. The molecule has 3 N–H and O–H groups in total. The minimum Gasteiger partial charge on any atom is -0.441 e. The third-order valence-corrected chi connectivity index (χ3v) is 4.03. The van der Waals surface area contributed by atoms with Gasteiger partial charge in [-0.3, -0.25) is 4.79 Å². The van der Waals surface area contributed by atoms with E-state index in [4.69, 9.17) is 5.11 Å². The number of carbonyl (C=O) groups excluding carboxylic acids is 1. The average molecular weight is 168 g/mol. The van der Waals surface area contributed by atoms with Crippen LogP contribution in [-0.2, 0) is 0 Å². The molecule has 4 bridgehead atoms. The van der Waals surface area contributed by atoms with Crippen molar-refractivity contribution >= 4 is 5.78 Å². The molecule has 0 spiro atoms. The van der Waals surface area contributed by atoms with Gasteiger partial charge in [0, 0.05) is 19.3 Å². The molecule has 2 unspecified atom stereocenters. The van der Waals surface area contributed by atoms with Gasteiger partial charge in [0.25, 0.3) is 5.78 Å². The lowest BCUT2D eigenvalue weighted by Crippen LogP contribution is -2.55. The first-order chi connectivity index (χ1) is 5.66. The van der Waals surface area contributed by atoms with Crippen LogP contribution in [0.4, 0.5) is 0 Å². The summed E-state index contributed by atoms with van der Waals surface area (Å²) in [6, 6.07) is 0. The summed E-state index contributed by atoms with van der Waals surface area (Å²) in [5.41, 5.74) is -0.150. The van der Waals surface area contributed by atoms with Crippen molar-refractivity contribution < 1.29 is 9.90 Å². The van der Waals surface area contributed by atoms with Gasteiger partial charge in [-0.1, -0.05) is 0 Å². The van der Waals surface area contributed by atoms with E-state index in [1.54, 1.807) is 0 Å². The average Bonchev–Trinajstić information content (AvgIpc) is 1.96. The van der Waals surface area contributed by atoms with Gasteiger partial charge in [-0.2, -0.15) is 0 Å². The zero-order valence-electron chi connectivity index (χ0n) is 7.21. The van der Waals surface area contributed by atoms with E-state index in [1.807, 2.05) is 0 Å². The van der Waals surface area contributed by atoms with Gasteiger partial charge in [-0.25, -0.2) is 0 Å². The summed E-state index contributed by atoms with van der Waals surface area (Å²) in [6.07, 6.45) is 5.32. The van der Waals surface area contributed by atoms with Gasteiger partial charge in [0.2, 0.25) is 0 Å². The largest absolute Gasteiger partial charge is 0.441 e. The first kappa shape index (κ1) is 7.07. The molecule has 0 amide bonds. The van der Waals surface area contributed by atoms with E-state index in [1.165, 1.54) is 12.8 Å². The Balaban J connectivity index is 2.00. The molecule has 12 heavy (non-hydrogen) atoms. The zero-order chi connectivity index (χ0) is 8.34. The van der Waals surface area contributed by atoms with Crippen LogP contribution in [0.1, 0.15) is 32.1 Å². The third kappa shape index (κ3) is 0.764. The van der Waals surface area contributed by atoms with Crippen LogP contribution >= 0.6 is 0 Å². The van der Waals surface area contributed by atoms with Crippen LogP contribution in [0.3, 0.4) is 0 Å². The lowest BCUT2D eigenvalue weighted by Gasteiger charge is -2.47. The molecule has 0 aromatic carbocycles. The molecule has 4 fully saturated rings. The van der Waals surface area contributed by atoms with Gasteiger partial charge in [0.05, 0.1) is 11.8 Å².